The predicted octanol–water partition coefficient (Wildman–Crippen LogP) is 4.96. The van der Waals surface area contributed by atoms with Crippen molar-refractivity contribution in [2.45, 2.75) is 13.8 Å². The van der Waals surface area contributed by atoms with Crippen molar-refractivity contribution in [2.24, 2.45) is 0 Å². The maximum absolute atomic E-state index is 13.0. The minimum Gasteiger partial charge on any atom is -0.490 e. The Morgan fingerprint density at radius 2 is 1.69 bits per heavy atom. The number of thiocarbonyl (C=S) groups is 1. The van der Waals surface area contributed by atoms with Gasteiger partial charge >= 0.3 is 0 Å². The smallest absolute Gasteiger partial charge is 0.270 e. The van der Waals surface area contributed by atoms with Crippen LogP contribution in [0.2, 0.25) is 0 Å². The lowest BCUT2D eigenvalue weighted by molar-refractivity contribution is -0.113. The molecule has 0 aliphatic carbocycles. The molecule has 2 aromatic rings. The van der Waals surface area contributed by atoms with Gasteiger partial charge in [0.25, 0.3) is 5.91 Å². The van der Waals surface area contributed by atoms with Crippen LogP contribution in [0.5, 0.6) is 11.5 Å². The van der Waals surface area contributed by atoms with Gasteiger partial charge in [0.1, 0.15) is 0 Å². The van der Waals surface area contributed by atoms with E-state index in [2.05, 4.69) is 0 Å². The molecule has 0 spiro atoms. The number of hydrogen-bond acceptors (Lipinski definition) is 6. The molecule has 1 heterocycles. The number of amides is 1. The predicted molar refractivity (Wildman–Crippen MR) is 125 cm³/mol. The third-order valence-electron chi connectivity index (χ3n) is 4.28. The number of carbonyl (C=O) groups is 1. The molecule has 2 aromatic carbocycles. The molecule has 5 nitrogen and oxygen atoms in total. The lowest BCUT2D eigenvalue weighted by Gasteiger charge is -2.17. The summed E-state index contributed by atoms with van der Waals surface area (Å²) >= 11 is 6.77. The number of benzene rings is 2. The lowest BCUT2D eigenvalue weighted by Crippen LogP contribution is -2.27. The Kier molecular flexibility index (Phi) is 6.82. The molecular formula is C22H24N2O3S2. The summed E-state index contributed by atoms with van der Waals surface area (Å²) in [5, 5.41) is 0. The molecule has 0 atom stereocenters. The summed E-state index contributed by atoms with van der Waals surface area (Å²) in [5.41, 5.74) is 2.69. The van der Waals surface area contributed by atoms with Crippen LogP contribution in [0.25, 0.3) is 6.08 Å². The van der Waals surface area contributed by atoms with E-state index < -0.39 is 0 Å². The third-order valence-corrected chi connectivity index (χ3v) is 5.59. The van der Waals surface area contributed by atoms with Gasteiger partial charge in [-0.3, -0.25) is 9.69 Å². The summed E-state index contributed by atoms with van der Waals surface area (Å²) in [6, 6.07) is 13.4. The van der Waals surface area contributed by atoms with E-state index in [0.717, 1.165) is 16.9 Å². The van der Waals surface area contributed by atoms with Crippen LogP contribution < -0.4 is 19.3 Å². The first-order valence-electron chi connectivity index (χ1n) is 9.39. The van der Waals surface area contributed by atoms with Crippen molar-refractivity contribution < 1.29 is 14.3 Å². The van der Waals surface area contributed by atoms with Gasteiger partial charge in [0, 0.05) is 19.8 Å². The molecule has 29 heavy (non-hydrogen) atoms. The number of nitrogens with zero attached hydrogens (tertiary/aromatic N) is 2. The molecule has 152 valence electrons. The molecule has 7 heteroatoms. The Bertz CT molecular complexity index is 940. The Labute approximate surface area is 181 Å². The fraction of sp³-hybridized carbons (Fsp3) is 0.273. The van der Waals surface area contributed by atoms with Gasteiger partial charge in [-0.2, -0.15) is 0 Å². The van der Waals surface area contributed by atoms with Crippen molar-refractivity contribution in [1.82, 2.24) is 0 Å². The molecule has 0 radical (unpaired) electrons. The van der Waals surface area contributed by atoms with Gasteiger partial charge in [-0.1, -0.05) is 30.0 Å². The molecule has 0 unspecified atom stereocenters. The van der Waals surface area contributed by atoms with Crippen LogP contribution in [0.1, 0.15) is 19.4 Å². The number of thioether (sulfide) groups is 1. The number of anilines is 2. The maximum atomic E-state index is 13.0. The van der Waals surface area contributed by atoms with Gasteiger partial charge in [-0.25, -0.2) is 0 Å². The first-order valence-corrected chi connectivity index (χ1v) is 10.6. The van der Waals surface area contributed by atoms with E-state index in [1.165, 1.54) is 11.8 Å². The molecule has 1 fully saturated rings. The molecule has 0 bridgehead atoms. The van der Waals surface area contributed by atoms with Crippen LogP contribution in [0.4, 0.5) is 11.4 Å². The fourth-order valence-electron chi connectivity index (χ4n) is 2.90. The topological polar surface area (TPSA) is 42.0 Å². The first kappa shape index (κ1) is 21.2. The van der Waals surface area contributed by atoms with Crippen LogP contribution in [0.3, 0.4) is 0 Å². The molecule has 3 rings (SSSR count). The molecule has 1 aliphatic heterocycles. The molecule has 1 saturated heterocycles. The second kappa shape index (κ2) is 9.33. The Balaban J connectivity index is 1.87. The van der Waals surface area contributed by atoms with Gasteiger partial charge in [0.15, 0.2) is 15.8 Å². The summed E-state index contributed by atoms with van der Waals surface area (Å²) < 4.78 is 11.8. The maximum Gasteiger partial charge on any atom is 0.270 e. The summed E-state index contributed by atoms with van der Waals surface area (Å²) in [5.74, 6) is 1.24. The summed E-state index contributed by atoms with van der Waals surface area (Å²) in [6.07, 6.45) is 1.84. The molecule has 0 aromatic heterocycles. The van der Waals surface area contributed by atoms with Crippen molar-refractivity contribution in [3.63, 3.8) is 0 Å². The monoisotopic (exact) mass is 428 g/mol. The molecule has 1 aliphatic rings. The van der Waals surface area contributed by atoms with Crippen molar-refractivity contribution in [3.05, 3.63) is 52.9 Å². The van der Waals surface area contributed by atoms with E-state index in [1.54, 1.807) is 4.90 Å². The standard InChI is InChI=1S/C22H24N2O3S2/c1-5-26-18-12-7-15(13-19(18)27-6-2)14-20-21(25)24(22(28)29-20)17-10-8-16(9-11-17)23(3)4/h7-14H,5-6H2,1-4H3/b20-14+. The van der Waals surface area contributed by atoms with Crippen LogP contribution in [-0.4, -0.2) is 37.5 Å². The lowest BCUT2D eigenvalue weighted by atomic mass is 10.1. The van der Waals surface area contributed by atoms with Crippen molar-refractivity contribution in [1.29, 1.82) is 0 Å². The highest BCUT2D eigenvalue weighted by atomic mass is 32.2. The Hall–Kier alpha value is -2.51. The first-order chi connectivity index (χ1) is 13.9. The minimum absolute atomic E-state index is 0.121. The molecule has 0 saturated carbocycles. The molecule has 0 N–H and O–H groups in total. The van der Waals surface area contributed by atoms with Gasteiger partial charge in [-0.05, 0) is 61.9 Å². The van der Waals surface area contributed by atoms with E-state index >= 15 is 0 Å². The van der Waals surface area contributed by atoms with E-state index in [0.29, 0.717) is 33.9 Å². The van der Waals surface area contributed by atoms with Crippen LogP contribution in [0.15, 0.2) is 47.4 Å². The van der Waals surface area contributed by atoms with E-state index in [-0.39, 0.29) is 5.91 Å². The van der Waals surface area contributed by atoms with Gasteiger partial charge in [0.05, 0.1) is 23.8 Å². The third kappa shape index (κ3) is 4.74. The minimum atomic E-state index is -0.121. The van der Waals surface area contributed by atoms with Gasteiger partial charge < -0.3 is 14.4 Å². The highest BCUT2D eigenvalue weighted by Crippen LogP contribution is 2.37. The number of carbonyl (C=O) groups excluding carboxylic acids is 1. The van der Waals surface area contributed by atoms with Crippen molar-refractivity contribution in [2.75, 3.05) is 37.1 Å². The molecule has 1 amide bonds. The number of hydrogen-bond donors (Lipinski definition) is 0. The number of rotatable bonds is 7. The Morgan fingerprint density at radius 3 is 2.31 bits per heavy atom. The van der Waals surface area contributed by atoms with Crippen LogP contribution in [0, 0.1) is 0 Å². The van der Waals surface area contributed by atoms with Crippen molar-refractivity contribution in [3.8, 4) is 11.5 Å². The highest BCUT2D eigenvalue weighted by molar-refractivity contribution is 8.27. The Morgan fingerprint density at radius 1 is 1.03 bits per heavy atom. The van der Waals surface area contributed by atoms with E-state index in [1.807, 2.05) is 81.4 Å². The largest absolute Gasteiger partial charge is 0.490 e. The zero-order chi connectivity index (χ0) is 21.0. The summed E-state index contributed by atoms with van der Waals surface area (Å²) in [4.78, 5) is 17.2. The van der Waals surface area contributed by atoms with E-state index in [4.69, 9.17) is 21.7 Å². The second-order valence-electron chi connectivity index (χ2n) is 6.50. The average molecular weight is 429 g/mol. The van der Waals surface area contributed by atoms with Crippen LogP contribution >= 0.6 is 24.0 Å². The van der Waals surface area contributed by atoms with Gasteiger partial charge in [0.2, 0.25) is 0 Å². The van der Waals surface area contributed by atoms with Crippen molar-refractivity contribution >= 4 is 51.7 Å². The zero-order valence-electron chi connectivity index (χ0n) is 17.0. The number of ether oxygens (including phenoxy) is 2. The normalized spacial score (nSPS) is 15.2. The van der Waals surface area contributed by atoms with Gasteiger partial charge in [-0.15, -0.1) is 0 Å². The quantitative estimate of drug-likeness (QED) is 0.459. The van der Waals surface area contributed by atoms with E-state index in [9.17, 15) is 4.79 Å². The van der Waals surface area contributed by atoms with Crippen LogP contribution in [-0.2, 0) is 4.79 Å². The summed E-state index contributed by atoms with van der Waals surface area (Å²) in [6.45, 7) is 4.95. The SMILES string of the molecule is CCOc1ccc(/C=C2/SC(=S)N(c3ccc(N(C)C)cc3)C2=O)cc1OCC. The average Bonchev–Trinajstić information content (AvgIpc) is 2.97. The highest BCUT2D eigenvalue weighted by Gasteiger charge is 2.33. The summed E-state index contributed by atoms with van der Waals surface area (Å²) in [7, 11) is 3.95. The zero-order valence-corrected chi connectivity index (χ0v) is 18.6. The molecular weight excluding hydrogens is 404 g/mol. The fourth-order valence-corrected chi connectivity index (χ4v) is 4.20. The second-order valence-corrected chi connectivity index (χ2v) is 8.18.